The first-order chi connectivity index (χ1) is 10.1. The maximum absolute atomic E-state index is 12.3. The van der Waals surface area contributed by atoms with Gasteiger partial charge in [-0.25, -0.2) is 0 Å². The van der Waals surface area contributed by atoms with Crippen LogP contribution in [0.4, 0.5) is 5.69 Å². The standard InChI is InChI=1S/C16H15Cl2NO2/c17-14-2-1-12(8-15(14)18)16(20)7-11-3-5-19(9-11)13-4-6-21-10-13/h1-2,4,6,8,10-11H,3,5,7,9H2/t11-/m0/s1. The van der Waals surface area contributed by atoms with Gasteiger partial charge in [-0.05, 0) is 36.6 Å². The highest BCUT2D eigenvalue weighted by molar-refractivity contribution is 6.42. The Morgan fingerprint density at radius 1 is 1.29 bits per heavy atom. The lowest BCUT2D eigenvalue weighted by Gasteiger charge is -2.15. The molecule has 1 fully saturated rings. The van der Waals surface area contributed by atoms with Crippen molar-refractivity contribution in [3.8, 4) is 0 Å². The summed E-state index contributed by atoms with van der Waals surface area (Å²) in [5.41, 5.74) is 1.71. The molecule has 0 amide bonds. The number of carbonyl (C=O) groups excluding carboxylic acids is 1. The van der Waals surface area contributed by atoms with Crippen LogP contribution in [0.15, 0.2) is 41.2 Å². The van der Waals surface area contributed by atoms with Crippen molar-refractivity contribution in [1.29, 1.82) is 0 Å². The molecule has 0 saturated carbocycles. The van der Waals surface area contributed by atoms with Gasteiger partial charge in [-0.15, -0.1) is 0 Å². The molecule has 1 aromatic carbocycles. The summed E-state index contributed by atoms with van der Waals surface area (Å²) < 4.78 is 5.10. The van der Waals surface area contributed by atoms with E-state index in [-0.39, 0.29) is 5.78 Å². The number of Topliss-reactive ketones (excluding diaryl/α,β-unsaturated/α-hetero) is 1. The zero-order chi connectivity index (χ0) is 14.8. The van der Waals surface area contributed by atoms with Gasteiger partial charge >= 0.3 is 0 Å². The normalized spacial score (nSPS) is 18.2. The number of halogens is 2. The van der Waals surface area contributed by atoms with Crippen molar-refractivity contribution >= 4 is 34.7 Å². The van der Waals surface area contributed by atoms with Crippen LogP contribution in [0, 0.1) is 5.92 Å². The third-order valence-electron chi connectivity index (χ3n) is 3.87. The highest BCUT2D eigenvalue weighted by atomic mass is 35.5. The van der Waals surface area contributed by atoms with Crippen LogP contribution in [0.1, 0.15) is 23.2 Å². The average molecular weight is 324 g/mol. The van der Waals surface area contributed by atoms with E-state index in [0.29, 0.717) is 27.9 Å². The van der Waals surface area contributed by atoms with E-state index >= 15 is 0 Å². The average Bonchev–Trinajstić information content (AvgIpc) is 3.12. The Labute approximate surface area is 133 Å². The Kier molecular flexibility index (Phi) is 4.22. The van der Waals surface area contributed by atoms with E-state index < -0.39 is 0 Å². The SMILES string of the molecule is O=C(C[C@@H]1CCN(c2ccoc2)C1)c1ccc(Cl)c(Cl)c1. The predicted molar refractivity (Wildman–Crippen MR) is 84.4 cm³/mol. The minimum atomic E-state index is 0.118. The van der Waals surface area contributed by atoms with Crippen molar-refractivity contribution in [3.63, 3.8) is 0 Å². The Bertz CT molecular complexity index is 640. The van der Waals surface area contributed by atoms with Gasteiger partial charge in [-0.1, -0.05) is 23.2 Å². The van der Waals surface area contributed by atoms with E-state index in [1.54, 1.807) is 30.7 Å². The van der Waals surface area contributed by atoms with Crippen LogP contribution in [0.5, 0.6) is 0 Å². The number of hydrogen-bond donors (Lipinski definition) is 0. The van der Waals surface area contributed by atoms with Crippen LogP contribution in [0.25, 0.3) is 0 Å². The molecule has 1 aromatic heterocycles. The lowest BCUT2D eigenvalue weighted by molar-refractivity contribution is 0.0965. The smallest absolute Gasteiger partial charge is 0.163 e. The number of ketones is 1. The second-order valence-electron chi connectivity index (χ2n) is 5.34. The van der Waals surface area contributed by atoms with Crippen molar-refractivity contribution in [2.45, 2.75) is 12.8 Å². The molecule has 2 heterocycles. The van der Waals surface area contributed by atoms with E-state index in [0.717, 1.165) is 25.2 Å². The van der Waals surface area contributed by atoms with Crippen molar-refractivity contribution < 1.29 is 9.21 Å². The topological polar surface area (TPSA) is 33.5 Å². The van der Waals surface area contributed by atoms with Crippen molar-refractivity contribution in [1.82, 2.24) is 0 Å². The minimum Gasteiger partial charge on any atom is -0.470 e. The molecule has 1 aliphatic heterocycles. The number of benzene rings is 1. The fraction of sp³-hybridized carbons (Fsp3) is 0.312. The maximum atomic E-state index is 12.3. The van der Waals surface area contributed by atoms with Crippen molar-refractivity contribution in [3.05, 3.63) is 52.4 Å². The number of anilines is 1. The molecule has 3 rings (SSSR count). The Morgan fingerprint density at radius 2 is 2.14 bits per heavy atom. The molecule has 110 valence electrons. The van der Waals surface area contributed by atoms with Gasteiger partial charge in [0.05, 0.1) is 22.0 Å². The second kappa shape index (κ2) is 6.12. The van der Waals surface area contributed by atoms with Crippen LogP contribution in [0.3, 0.4) is 0 Å². The highest BCUT2D eigenvalue weighted by Crippen LogP contribution is 2.28. The van der Waals surface area contributed by atoms with Crippen LogP contribution in [-0.2, 0) is 0 Å². The molecular formula is C16H15Cl2NO2. The molecule has 5 heteroatoms. The summed E-state index contributed by atoms with van der Waals surface area (Å²) in [7, 11) is 0. The summed E-state index contributed by atoms with van der Waals surface area (Å²) >= 11 is 11.8. The largest absolute Gasteiger partial charge is 0.470 e. The minimum absolute atomic E-state index is 0.118. The maximum Gasteiger partial charge on any atom is 0.163 e. The molecule has 0 aliphatic carbocycles. The first-order valence-corrected chi connectivity index (χ1v) is 7.64. The summed E-state index contributed by atoms with van der Waals surface area (Å²) in [6.45, 7) is 1.84. The van der Waals surface area contributed by atoms with Crippen LogP contribution < -0.4 is 4.90 Å². The van der Waals surface area contributed by atoms with Crippen LogP contribution in [-0.4, -0.2) is 18.9 Å². The van der Waals surface area contributed by atoms with E-state index in [4.69, 9.17) is 27.6 Å². The summed E-state index contributed by atoms with van der Waals surface area (Å²) in [6, 6.07) is 7.00. The predicted octanol–water partition coefficient (Wildman–Crippen LogP) is 4.69. The number of hydrogen-bond acceptors (Lipinski definition) is 3. The van der Waals surface area contributed by atoms with E-state index in [9.17, 15) is 4.79 Å². The van der Waals surface area contributed by atoms with Gasteiger partial charge in [0.15, 0.2) is 5.78 Å². The number of carbonyl (C=O) groups is 1. The third kappa shape index (κ3) is 3.25. The zero-order valence-electron chi connectivity index (χ0n) is 11.4. The first kappa shape index (κ1) is 14.5. The monoisotopic (exact) mass is 323 g/mol. The van der Waals surface area contributed by atoms with E-state index in [2.05, 4.69) is 4.90 Å². The quantitative estimate of drug-likeness (QED) is 0.765. The second-order valence-corrected chi connectivity index (χ2v) is 6.15. The number of furan rings is 1. The molecule has 21 heavy (non-hydrogen) atoms. The fourth-order valence-corrected chi connectivity index (χ4v) is 3.02. The van der Waals surface area contributed by atoms with Gasteiger partial charge in [0.2, 0.25) is 0 Å². The first-order valence-electron chi connectivity index (χ1n) is 6.89. The molecule has 0 spiro atoms. The van der Waals surface area contributed by atoms with Gasteiger partial charge in [-0.3, -0.25) is 4.79 Å². The van der Waals surface area contributed by atoms with Gasteiger partial charge in [0.1, 0.15) is 6.26 Å². The lowest BCUT2D eigenvalue weighted by Crippen LogP contribution is -2.19. The van der Waals surface area contributed by atoms with Crippen molar-refractivity contribution in [2.75, 3.05) is 18.0 Å². The molecule has 0 bridgehead atoms. The summed E-state index contributed by atoms with van der Waals surface area (Å²) in [4.78, 5) is 14.6. The Balaban J connectivity index is 1.62. The Hall–Kier alpha value is -1.45. The molecule has 1 saturated heterocycles. The summed E-state index contributed by atoms with van der Waals surface area (Å²) in [5, 5.41) is 0.897. The number of rotatable bonds is 4. The molecule has 3 nitrogen and oxygen atoms in total. The molecule has 0 radical (unpaired) electrons. The summed E-state index contributed by atoms with van der Waals surface area (Å²) in [5.74, 6) is 0.481. The molecular weight excluding hydrogens is 309 g/mol. The van der Waals surface area contributed by atoms with Crippen molar-refractivity contribution in [2.24, 2.45) is 5.92 Å². The van der Waals surface area contributed by atoms with Crippen LogP contribution >= 0.6 is 23.2 Å². The molecule has 1 atom stereocenters. The van der Waals surface area contributed by atoms with Gasteiger partial charge in [-0.2, -0.15) is 0 Å². The number of nitrogens with zero attached hydrogens (tertiary/aromatic N) is 1. The molecule has 0 N–H and O–H groups in total. The highest BCUT2D eigenvalue weighted by Gasteiger charge is 2.25. The fourth-order valence-electron chi connectivity index (χ4n) is 2.72. The zero-order valence-corrected chi connectivity index (χ0v) is 12.9. The lowest BCUT2D eigenvalue weighted by atomic mass is 9.98. The van der Waals surface area contributed by atoms with E-state index in [1.165, 1.54) is 0 Å². The molecule has 0 unspecified atom stereocenters. The van der Waals surface area contributed by atoms with Crippen LogP contribution in [0.2, 0.25) is 10.0 Å². The van der Waals surface area contributed by atoms with Gasteiger partial charge in [0, 0.05) is 25.1 Å². The third-order valence-corrected chi connectivity index (χ3v) is 4.61. The van der Waals surface area contributed by atoms with Gasteiger partial charge in [0.25, 0.3) is 0 Å². The van der Waals surface area contributed by atoms with E-state index in [1.807, 2.05) is 6.07 Å². The summed E-state index contributed by atoms with van der Waals surface area (Å²) in [6.07, 6.45) is 4.96. The van der Waals surface area contributed by atoms with Gasteiger partial charge < -0.3 is 9.32 Å². The Morgan fingerprint density at radius 3 is 2.86 bits per heavy atom. The molecule has 2 aromatic rings. The molecule has 1 aliphatic rings.